The van der Waals surface area contributed by atoms with Crippen LogP contribution < -0.4 is 11.4 Å². The van der Waals surface area contributed by atoms with Gasteiger partial charge in [-0.15, -0.1) is 0 Å². The lowest BCUT2D eigenvalue weighted by Gasteiger charge is -2.37. The van der Waals surface area contributed by atoms with Gasteiger partial charge in [0.1, 0.15) is 18.0 Å². The first-order valence-corrected chi connectivity index (χ1v) is 8.22. The number of fused-ring (bicyclic) bond motifs is 1. The number of aliphatic hydroxyl groups excluding tert-OH is 2. The normalized spacial score (nSPS) is 32.7. The fraction of sp³-hybridized carbons (Fsp3) is 0.333. The SMILES string of the molecule is Nc1ccn([C@]2(C3C=Cc4ccccc43)O[C@H](CO)[C@@H](O)[C@H]2F)c(=O)n1. The smallest absolute Gasteiger partial charge is 0.351 e. The molecule has 26 heavy (non-hydrogen) atoms. The monoisotopic (exact) mass is 359 g/mol. The number of aliphatic hydroxyl groups is 2. The molecule has 1 aromatic heterocycles. The molecule has 2 aromatic rings. The van der Waals surface area contributed by atoms with Crippen molar-refractivity contribution in [1.82, 2.24) is 9.55 Å². The average Bonchev–Trinajstić information content (AvgIpc) is 3.17. The minimum atomic E-state index is -1.97. The molecule has 5 atom stereocenters. The Hall–Kier alpha value is -2.55. The van der Waals surface area contributed by atoms with E-state index in [1.54, 1.807) is 12.1 Å². The first kappa shape index (κ1) is 16.9. The molecule has 0 bridgehead atoms. The maximum atomic E-state index is 15.4. The van der Waals surface area contributed by atoms with Gasteiger partial charge in [-0.3, -0.25) is 4.57 Å². The predicted molar refractivity (Wildman–Crippen MR) is 92.0 cm³/mol. The molecule has 1 saturated heterocycles. The van der Waals surface area contributed by atoms with Crippen LogP contribution in [0.1, 0.15) is 17.0 Å². The third-order valence-corrected chi connectivity index (χ3v) is 5.04. The minimum Gasteiger partial charge on any atom is -0.394 e. The highest BCUT2D eigenvalue weighted by atomic mass is 19.1. The van der Waals surface area contributed by atoms with Crippen LogP contribution in [0, 0.1) is 0 Å². The maximum Gasteiger partial charge on any atom is 0.351 e. The van der Waals surface area contributed by atoms with E-state index in [2.05, 4.69) is 4.98 Å². The zero-order chi connectivity index (χ0) is 18.5. The Kier molecular flexibility index (Phi) is 3.91. The van der Waals surface area contributed by atoms with Gasteiger partial charge < -0.3 is 20.7 Å². The van der Waals surface area contributed by atoms with E-state index in [-0.39, 0.29) is 5.82 Å². The molecule has 0 radical (unpaired) electrons. The van der Waals surface area contributed by atoms with Gasteiger partial charge in [0.15, 0.2) is 11.9 Å². The second-order valence-electron chi connectivity index (χ2n) is 6.45. The van der Waals surface area contributed by atoms with Crippen molar-refractivity contribution in [3.05, 3.63) is 64.2 Å². The fourth-order valence-electron chi connectivity index (χ4n) is 3.83. The number of nitrogens with two attached hydrogens (primary N) is 1. The summed E-state index contributed by atoms with van der Waals surface area (Å²) in [6.07, 6.45) is 0.113. The van der Waals surface area contributed by atoms with Gasteiger partial charge in [-0.05, 0) is 17.2 Å². The third-order valence-electron chi connectivity index (χ3n) is 5.04. The number of halogens is 1. The van der Waals surface area contributed by atoms with Crippen molar-refractivity contribution >= 4 is 11.9 Å². The lowest BCUT2D eigenvalue weighted by molar-refractivity contribution is -0.144. The first-order chi connectivity index (χ1) is 12.5. The summed E-state index contributed by atoms with van der Waals surface area (Å²) in [6.45, 7) is -0.585. The van der Waals surface area contributed by atoms with Crippen LogP contribution in [0.4, 0.5) is 10.2 Å². The Bertz CT molecular complexity index is 931. The molecule has 1 fully saturated rings. The number of ether oxygens (including phenoxy) is 1. The number of rotatable bonds is 3. The highest BCUT2D eigenvalue weighted by Gasteiger charge is 2.61. The summed E-state index contributed by atoms with van der Waals surface area (Å²) in [5, 5.41) is 19.8. The number of nitrogens with zero attached hydrogens (tertiary/aromatic N) is 2. The summed E-state index contributed by atoms with van der Waals surface area (Å²) in [7, 11) is 0. The van der Waals surface area contributed by atoms with Crippen LogP contribution in [0.25, 0.3) is 6.08 Å². The van der Waals surface area contributed by atoms with Crippen LogP contribution in [-0.4, -0.2) is 44.8 Å². The Labute approximate surface area is 148 Å². The van der Waals surface area contributed by atoms with Gasteiger partial charge in [-0.1, -0.05) is 36.4 Å². The molecular weight excluding hydrogens is 341 g/mol. The lowest BCUT2D eigenvalue weighted by Crippen LogP contribution is -2.52. The van der Waals surface area contributed by atoms with Crippen LogP contribution >= 0.6 is 0 Å². The van der Waals surface area contributed by atoms with Crippen LogP contribution in [-0.2, 0) is 10.5 Å². The molecule has 2 aliphatic rings. The average molecular weight is 359 g/mol. The van der Waals surface area contributed by atoms with E-state index in [4.69, 9.17) is 10.5 Å². The minimum absolute atomic E-state index is 0.00331. The van der Waals surface area contributed by atoms with Gasteiger partial charge in [-0.25, -0.2) is 9.18 Å². The largest absolute Gasteiger partial charge is 0.394 e. The third kappa shape index (κ3) is 2.23. The van der Waals surface area contributed by atoms with Gasteiger partial charge in [0.25, 0.3) is 0 Å². The summed E-state index contributed by atoms with van der Waals surface area (Å²) < 4.78 is 22.3. The van der Waals surface area contributed by atoms with Crippen molar-refractivity contribution in [2.75, 3.05) is 12.3 Å². The number of alkyl halides is 1. The molecule has 0 saturated carbocycles. The maximum absolute atomic E-state index is 15.4. The highest BCUT2D eigenvalue weighted by Crippen LogP contribution is 2.50. The molecule has 0 spiro atoms. The molecule has 4 rings (SSSR count). The second kappa shape index (κ2) is 6.01. The summed E-state index contributed by atoms with van der Waals surface area (Å²) in [5.41, 5.74) is 4.50. The number of nitrogen functional groups attached to an aromatic ring is 1. The summed E-state index contributed by atoms with van der Waals surface area (Å²) in [5.74, 6) is -0.695. The summed E-state index contributed by atoms with van der Waals surface area (Å²) >= 11 is 0. The van der Waals surface area contributed by atoms with Gasteiger partial charge in [-0.2, -0.15) is 4.98 Å². The van der Waals surface area contributed by atoms with E-state index in [0.29, 0.717) is 0 Å². The molecule has 1 unspecified atom stereocenters. The number of aromatic nitrogens is 2. The summed E-state index contributed by atoms with van der Waals surface area (Å²) in [4.78, 5) is 16.2. The van der Waals surface area contributed by atoms with E-state index in [0.717, 1.165) is 15.7 Å². The second-order valence-corrected chi connectivity index (χ2v) is 6.45. The molecular formula is C18H18FN3O4. The van der Waals surface area contributed by atoms with E-state index in [9.17, 15) is 15.0 Å². The molecule has 136 valence electrons. The molecule has 1 aliphatic carbocycles. The number of hydrogen-bond donors (Lipinski definition) is 3. The van der Waals surface area contributed by atoms with Gasteiger partial charge >= 0.3 is 5.69 Å². The topological polar surface area (TPSA) is 111 Å². The van der Waals surface area contributed by atoms with Crippen LogP contribution in [0.5, 0.6) is 0 Å². The molecule has 1 aliphatic heterocycles. The zero-order valence-electron chi connectivity index (χ0n) is 13.7. The Morgan fingerprint density at radius 1 is 1.35 bits per heavy atom. The van der Waals surface area contributed by atoms with Gasteiger partial charge in [0.05, 0.1) is 12.5 Å². The van der Waals surface area contributed by atoms with Crippen LogP contribution in [0.15, 0.2) is 47.4 Å². The molecule has 7 nitrogen and oxygen atoms in total. The molecule has 1 aromatic carbocycles. The number of anilines is 1. The molecule has 4 N–H and O–H groups in total. The van der Waals surface area contributed by atoms with Crippen molar-refractivity contribution in [3.8, 4) is 0 Å². The molecule has 0 amide bonds. The highest BCUT2D eigenvalue weighted by molar-refractivity contribution is 5.63. The van der Waals surface area contributed by atoms with Gasteiger partial charge in [0.2, 0.25) is 0 Å². The standard InChI is InChI=1S/C18H18FN3O4/c19-16-15(24)13(9-23)26-18(16,22-8-7-14(20)21-17(22)25)12-6-5-10-3-1-2-4-11(10)12/h1-8,12-13,15-16,23-24H,9H2,(H2,20,21,25)/t12?,13-,15-,16-,18-/m1/s1. The fourth-order valence-corrected chi connectivity index (χ4v) is 3.83. The quantitative estimate of drug-likeness (QED) is 0.731. The van der Waals surface area contributed by atoms with Crippen molar-refractivity contribution in [1.29, 1.82) is 0 Å². The van der Waals surface area contributed by atoms with E-state index in [1.807, 2.05) is 24.3 Å². The van der Waals surface area contributed by atoms with Crippen molar-refractivity contribution in [3.63, 3.8) is 0 Å². The van der Waals surface area contributed by atoms with Crippen LogP contribution in [0.3, 0.4) is 0 Å². The Balaban J connectivity index is 1.95. The molecule has 2 heterocycles. The number of benzene rings is 1. The van der Waals surface area contributed by atoms with Crippen molar-refractivity contribution in [2.45, 2.75) is 30.0 Å². The van der Waals surface area contributed by atoms with Gasteiger partial charge in [0, 0.05) is 6.20 Å². The van der Waals surface area contributed by atoms with Crippen molar-refractivity contribution in [2.24, 2.45) is 0 Å². The van der Waals surface area contributed by atoms with E-state index >= 15 is 4.39 Å². The zero-order valence-corrected chi connectivity index (χ0v) is 13.7. The Morgan fingerprint density at radius 2 is 2.12 bits per heavy atom. The van der Waals surface area contributed by atoms with E-state index in [1.165, 1.54) is 12.3 Å². The van der Waals surface area contributed by atoms with E-state index < -0.39 is 42.3 Å². The number of hydrogen-bond acceptors (Lipinski definition) is 6. The lowest BCUT2D eigenvalue weighted by atomic mass is 9.85. The van der Waals surface area contributed by atoms with Crippen molar-refractivity contribution < 1.29 is 19.3 Å². The summed E-state index contributed by atoms with van der Waals surface area (Å²) in [6, 6.07) is 8.70. The first-order valence-electron chi connectivity index (χ1n) is 8.22. The van der Waals surface area contributed by atoms with Crippen LogP contribution in [0.2, 0.25) is 0 Å². The Morgan fingerprint density at radius 3 is 2.81 bits per heavy atom. The predicted octanol–water partition coefficient (Wildman–Crippen LogP) is 0.379. The molecule has 8 heteroatoms.